The van der Waals surface area contributed by atoms with Crippen LogP contribution in [-0.4, -0.2) is 55.7 Å². The Morgan fingerprint density at radius 1 is 1.14 bits per heavy atom. The summed E-state index contributed by atoms with van der Waals surface area (Å²) in [6.07, 6.45) is 6.58. The van der Waals surface area contributed by atoms with Gasteiger partial charge in [0.1, 0.15) is 12.4 Å². The van der Waals surface area contributed by atoms with Gasteiger partial charge in [-0.3, -0.25) is 14.5 Å². The van der Waals surface area contributed by atoms with Crippen LogP contribution >= 0.6 is 0 Å². The SMILES string of the molecule is CCCCc1ncc(/C=C2/C(=O)N(CC(=O)OC)c3ccccc32)n1Cc1ccc(-c2nn[nH]n2)cc1. The van der Waals surface area contributed by atoms with Crippen LogP contribution < -0.4 is 4.90 Å². The molecule has 1 amide bonds. The van der Waals surface area contributed by atoms with Crippen LogP contribution in [-0.2, 0) is 27.3 Å². The van der Waals surface area contributed by atoms with Crippen LogP contribution in [0.25, 0.3) is 23.0 Å². The quantitative estimate of drug-likeness (QED) is 0.278. The Hall–Kier alpha value is -4.60. The van der Waals surface area contributed by atoms with Crippen molar-refractivity contribution in [3.8, 4) is 11.4 Å². The number of nitrogens with one attached hydrogen (secondary N) is 1. The lowest BCUT2D eigenvalue weighted by molar-refractivity contribution is -0.139. The van der Waals surface area contributed by atoms with Crippen LogP contribution in [0.15, 0.2) is 54.7 Å². The van der Waals surface area contributed by atoms with Crippen molar-refractivity contribution in [3.63, 3.8) is 0 Å². The average Bonchev–Trinajstić information content (AvgIpc) is 3.65. The number of aromatic amines is 1. The summed E-state index contributed by atoms with van der Waals surface area (Å²) in [6, 6.07) is 15.4. The van der Waals surface area contributed by atoms with Gasteiger partial charge in [-0.1, -0.05) is 55.8 Å². The highest BCUT2D eigenvalue weighted by atomic mass is 16.5. The topological polar surface area (TPSA) is 119 Å². The fourth-order valence-corrected chi connectivity index (χ4v) is 4.43. The highest BCUT2D eigenvalue weighted by Gasteiger charge is 2.33. The van der Waals surface area contributed by atoms with Gasteiger partial charge in [0.25, 0.3) is 5.91 Å². The van der Waals surface area contributed by atoms with Crippen LogP contribution in [0.4, 0.5) is 5.69 Å². The number of ether oxygens (including phenoxy) is 1. The van der Waals surface area contributed by atoms with Gasteiger partial charge in [-0.2, -0.15) is 5.21 Å². The zero-order valence-electron chi connectivity index (χ0n) is 20.7. The number of benzene rings is 2. The third kappa shape index (κ3) is 4.90. The largest absolute Gasteiger partial charge is 0.468 e. The predicted octanol–water partition coefficient (Wildman–Crippen LogP) is 3.51. The molecule has 10 nitrogen and oxygen atoms in total. The molecule has 1 aliphatic heterocycles. The Morgan fingerprint density at radius 3 is 2.68 bits per heavy atom. The molecule has 0 bridgehead atoms. The molecule has 0 saturated heterocycles. The van der Waals surface area contributed by atoms with Gasteiger partial charge in [0.05, 0.1) is 30.3 Å². The van der Waals surface area contributed by atoms with E-state index in [1.165, 1.54) is 12.0 Å². The lowest BCUT2D eigenvalue weighted by atomic mass is 10.1. The van der Waals surface area contributed by atoms with E-state index in [2.05, 4.69) is 32.1 Å². The number of tetrazole rings is 1. The van der Waals surface area contributed by atoms with E-state index in [4.69, 9.17) is 9.72 Å². The summed E-state index contributed by atoms with van der Waals surface area (Å²) in [5, 5.41) is 14.2. The number of rotatable bonds is 9. The predicted molar refractivity (Wildman–Crippen MR) is 138 cm³/mol. The molecule has 0 radical (unpaired) electrons. The summed E-state index contributed by atoms with van der Waals surface area (Å²) in [5.41, 5.74) is 4.77. The van der Waals surface area contributed by atoms with Crippen molar-refractivity contribution in [2.24, 2.45) is 0 Å². The van der Waals surface area contributed by atoms with Gasteiger partial charge in [0, 0.05) is 24.1 Å². The molecule has 2 aromatic carbocycles. The smallest absolute Gasteiger partial charge is 0.325 e. The minimum Gasteiger partial charge on any atom is -0.468 e. The summed E-state index contributed by atoms with van der Waals surface area (Å²) < 4.78 is 6.95. The van der Waals surface area contributed by atoms with Crippen molar-refractivity contribution in [1.82, 2.24) is 30.2 Å². The molecule has 188 valence electrons. The van der Waals surface area contributed by atoms with Crippen molar-refractivity contribution < 1.29 is 14.3 Å². The van der Waals surface area contributed by atoms with Gasteiger partial charge in [-0.05, 0) is 29.3 Å². The molecule has 0 fully saturated rings. The Labute approximate surface area is 214 Å². The molecule has 0 saturated carbocycles. The highest BCUT2D eigenvalue weighted by Crippen LogP contribution is 2.37. The summed E-state index contributed by atoms with van der Waals surface area (Å²) >= 11 is 0. The van der Waals surface area contributed by atoms with Gasteiger partial charge in [-0.15, -0.1) is 10.2 Å². The van der Waals surface area contributed by atoms with Crippen molar-refractivity contribution in [2.75, 3.05) is 18.6 Å². The number of methoxy groups -OCH3 is 1. The van der Waals surface area contributed by atoms with Gasteiger partial charge >= 0.3 is 5.97 Å². The maximum atomic E-state index is 13.4. The number of fused-ring (bicyclic) bond motifs is 1. The number of hydrogen-bond acceptors (Lipinski definition) is 7. The molecule has 5 rings (SSSR count). The van der Waals surface area contributed by atoms with E-state index in [-0.39, 0.29) is 12.5 Å². The first-order chi connectivity index (χ1) is 18.1. The molecule has 1 aliphatic rings. The lowest BCUT2D eigenvalue weighted by Gasteiger charge is -2.15. The van der Waals surface area contributed by atoms with Crippen LogP contribution in [0.3, 0.4) is 0 Å². The first-order valence-corrected chi connectivity index (χ1v) is 12.2. The molecular weight excluding hydrogens is 470 g/mol. The third-order valence-electron chi connectivity index (χ3n) is 6.39. The summed E-state index contributed by atoms with van der Waals surface area (Å²) in [6.45, 7) is 2.60. The molecule has 10 heteroatoms. The second-order valence-corrected chi connectivity index (χ2v) is 8.76. The number of para-hydroxylation sites is 1. The zero-order valence-corrected chi connectivity index (χ0v) is 20.7. The first kappa shape index (κ1) is 24.1. The molecule has 4 aromatic rings. The lowest BCUT2D eigenvalue weighted by Crippen LogP contribution is -2.32. The van der Waals surface area contributed by atoms with E-state index in [1.54, 1.807) is 0 Å². The van der Waals surface area contributed by atoms with E-state index < -0.39 is 5.97 Å². The number of H-pyrrole nitrogens is 1. The Kier molecular flexibility index (Phi) is 6.89. The number of esters is 1. The molecule has 37 heavy (non-hydrogen) atoms. The van der Waals surface area contributed by atoms with Crippen LogP contribution in [0, 0.1) is 0 Å². The van der Waals surface area contributed by atoms with Gasteiger partial charge in [0.2, 0.25) is 5.82 Å². The van der Waals surface area contributed by atoms with Crippen molar-refractivity contribution in [3.05, 3.63) is 77.4 Å². The molecular formula is C27H27N7O3. The minimum atomic E-state index is -0.472. The fraction of sp³-hybridized carbons (Fsp3) is 0.259. The zero-order chi connectivity index (χ0) is 25.8. The van der Waals surface area contributed by atoms with Crippen LogP contribution in [0.5, 0.6) is 0 Å². The first-order valence-electron chi connectivity index (χ1n) is 12.2. The summed E-state index contributed by atoms with van der Waals surface area (Å²) in [4.78, 5) is 31.6. The van der Waals surface area contributed by atoms with E-state index in [0.29, 0.717) is 23.6 Å². The normalized spacial score (nSPS) is 13.8. The maximum absolute atomic E-state index is 13.4. The summed E-state index contributed by atoms with van der Waals surface area (Å²) in [7, 11) is 1.32. The summed E-state index contributed by atoms with van der Waals surface area (Å²) in [5.74, 6) is 0.790. The number of unbranched alkanes of at least 4 members (excludes halogenated alkanes) is 1. The van der Waals surface area contributed by atoms with Crippen LogP contribution in [0.1, 0.15) is 42.4 Å². The molecule has 0 unspecified atom stereocenters. The Balaban J connectivity index is 1.50. The van der Waals surface area contributed by atoms with Crippen molar-refractivity contribution >= 4 is 29.2 Å². The molecule has 3 heterocycles. The molecule has 0 aliphatic carbocycles. The number of nitrogens with zero attached hydrogens (tertiary/aromatic N) is 6. The second-order valence-electron chi connectivity index (χ2n) is 8.76. The maximum Gasteiger partial charge on any atom is 0.325 e. The number of carbonyl (C=O) groups excluding carboxylic acids is 2. The van der Waals surface area contributed by atoms with Gasteiger partial charge in [-0.25, -0.2) is 4.98 Å². The average molecular weight is 498 g/mol. The highest BCUT2D eigenvalue weighted by molar-refractivity contribution is 6.36. The third-order valence-corrected chi connectivity index (χ3v) is 6.39. The van der Waals surface area contributed by atoms with Crippen molar-refractivity contribution in [2.45, 2.75) is 32.7 Å². The number of amides is 1. The van der Waals surface area contributed by atoms with Gasteiger partial charge < -0.3 is 9.30 Å². The van der Waals surface area contributed by atoms with Crippen molar-refractivity contribution in [1.29, 1.82) is 0 Å². The molecule has 1 N–H and O–H groups in total. The molecule has 0 spiro atoms. The number of aromatic nitrogens is 6. The van der Waals surface area contributed by atoms with E-state index >= 15 is 0 Å². The minimum absolute atomic E-state index is 0.141. The van der Waals surface area contributed by atoms with E-state index in [0.717, 1.165) is 47.5 Å². The number of hydrogen-bond donors (Lipinski definition) is 1. The van der Waals surface area contributed by atoms with Crippen LogP contribution in [0.2, 0.25) is 0 Å². The van der Waals surface area contributed by atoms with Gasteiger partial charge in [0.15, 0.2) is 0 Å². The molecule has 2 aromatic heterocycles. The number of aryl methyl sites for hydroxylation is 1. The number of carbonyl (C=O) groups is 2. The van der Waals surface area contributed by atoms with E-state index in [9.17, 15) is 9.59 Å². The monoisotopic (exact) mass is 497 g/mol. The standard InChI is InChI=1S/C27H27N7O3/c1-3-4-9-24-28-15-20(33(24)16-18-10-12-19(13-11-18)26-29-31-32-30-26)14-22-21-7-5-6-8-23(21)34(27(22)36)17-25(35)37-2/h5-8,10-15H,3-4,9,16-17H2,1-2H3,(H,29,30,31,32)/b22-14+. The Morgan fingerprint density at radius 2 is 1.95 bits per heavy atom. The second kappa shape index (κ2) is 10.6. The Bertz CT molecular complexity index is 1440. The number of imidazole rings is 1. The molecule has 0 atom stereocenters. The fourth-order valence-electron chi connectivity index (χ4n) is 4.43. The van der Waals surface area contributed by atoms with E-state index in [1.807, 2.05) is 60.8 Å². The number of anilines is 1.